The van der Waals surface area contributed by atoms with Crippen molar-refractivity contribution in [3.05, 3.63) is 23.8 Å². The highest BCUT2D eigenvalue weighted by Gasteiger charge is 2.12. The number of hydrogen-bond donors (Lipinski definition) is 3. The van der Waals surface area contributed by atoms with Crippen molar-refractivity contribution in [3.8, 4) is 0 Å². The molecule has 0 fully saturated rings. The Labute approximate surface area is 97.7 Å². The van der Waals surface area contributed by atoms with Gasteiger partial charge in [-0.05, 0) is 43.0 Å². The van der Waals surface area contributed by atoms with Crippen LogP contribution in [-0.4, -0.2) is 17.8 Å². The molecule has 0 aliphatic heterocycles. The molecule has 16 heavy (non-hydrogen) atoms. The molecule has 0 aromatic heterocycles. The summed E-state index contributed by atoms with van der Waals surface area (Å²) in [5.74, 6) is 0.491. The van der Waals surface area contributed by atoms with Crippen molar-refractivity contribution in [2.24, 2.45) is 5.92 Å². The summed E-state index contributed by atoms with van der Waals surface area (Å²) in [7, 11) is 0. The molecule has 1 aromatic carbocycles. The minimum atomic E-state index is 0.212. The second kappa shape index (κ2) is 5.75. The highest BCUT2D eigenvalue weighted by molar-refractivity contribution is 5.57. The zero-order chi connectivity index (χ0) is 12.1. The lowest BCUT2D eigenvalue weighted by Gasteiger charge is -2.23. The molecule has 1 aromatic rings. The molecule has 0 saturated heterocycles. The maximum atomic E-state index is 9.00. The third-order valence-electron chi connectivity index (χ3n) is 2.87. The number of rotatable bonds is 5. The van der Waals surface area contributed by atoms with Gasteiger partial charge in [0, 0.05) is 24.0 Å². The molecule has 3 nitrogen and oxygen atoms in total. The molecule has 0 heterocycles. The topological polar surface area (TPSA) is 58.3 Å². The first-order valence-electron chi connectivity index (χ1n) is 5.78. The Hall–Kier alpha value is -1.22. The van der Waals surface area contributed by atoms with Crippen LogP contribution in [0.15, 0.2) is 18.2 Å². The molecule has 1 atom stereocenters. The van der Waals surface area contributed by atoms with Crippen LogP contribution < -0.4 is 11.1 Å². The standard InChI is InChI=1S/C13H22N2O/c1-9(2)13(6-7-16)15-11-4-5-12(14)10(3)8-11/h4-5,8-9,13,15-16H,6-7,14H2,1-3H3. The predicted molar refractivity (Wildman–Crippen MR) is 69.5 cm³/mol. The van der Waals surface area contributed by atoms with E-state index in [1.165, 1.54) is 0 Å². The Balaban J connectivity index is 2.73. The Bertz CT molecular complexity index is 337. The molecule has 0 bridgehead atoms. The lowest BCUT2D eigenvalue weighted by molar-refractivity contribution is 0.267. The monoisotopic (exact) mass is 222 g/mol. The molecule has 0 aliphatic carbocycles. The lowest BCUT2D eigenvalue weighted by atomic mass is 10.0. The summed E-state index contributed by atoms with van der Waals surface area (Å²) in [4.78, 5) is 0. The minimum Gasteiger partial charge on any atom is -0.399 e. The fourth-order valence-corrected chi connectivity index (χ4v) is 1.69. The van der Waals surface area contributed by atoms with Crippen LogP contribution in [0, 0.1) is 12.8 Å². The third kappa shape index (κ3) is 3.42. The van der Waals surface area contributed by atoms with Gasteiger partial charge in [-0.25, -0.2) is 0 Å². The van der Waals surface area contributed by atoms with Gasteiger partial charge >= 0.3 is 0 Å². The number of hydrogen-bond acceptors (Lipinski definition) is 3. The number of aliphatic hydroxyl groups excluding tert-OH is 1. The summed E-state index contributed by atoms with van der Waals surface area (Å²) < 4.78 is 0. The third-order valence-corrected chi connectivity index (χ3v) is 2.87. The molecule has 90 valence electrons. The van der Waals surface area contributed by atoms with Gasteiger partial charge in [-0.2, -0.15) is 0 Å². The van der Waals surface area contributed by atoms with Crippen molar-refractivity contribution in [2.45, 2.75) is 33.2 Å². The summed E-state index contributed by atoms with van der Waals surface area (Å²) in [6.45, 7) is 6.51. The van der Waals surface area contributed by atoms with Crippen molar-refractivity contribution < 1.29 is 5.11 Å². The maximum Gasteiger partial charge on any atom is 0.0450 e. The van der Waals surface area contributed by atoms with E-state index in [4.69, 9.17) is 10.8 Å². The maximum absolute atomic E-state index is 9.00. The number of anilines is 2. The molecule has 1 rings (SSSR count). The summed E-state index contributed by atoms with van der Waals surface area (Å²) in [5.41, 5.74) is 8.73. The highest BCUT2D eigenvalue weighted by Crippen LogP contribution is 2.19. The van der Waals surface area contributed by atoms with Gasteiger partial charge in [0.1, 0.15) is 0 Å². The normalized spacial score (nSPS) is 12.8. The fraction of sp³-hybridized carbons (Fsp3) is 0.538. The quantitative estimate of drug-likeness (QED) is 0.670. The Morgan fingerprint density at radius 3 is 2.56 bits per heavy atom. The van der Waals surface area contributed by atoms with E-state index in [0.29, 0.717) is 12.0 Å². The van der Waals surface area contributed by atoms with E-state index in [9.17, 15) is 0 Å². The molecule has 0 amide bonds. The zero-order valence-corrected chi connectivity index (χ0v) is 10.3. The van der Waals surface area contributed by atoms with Gasteiger partial charge < -0.3 is 16.2 Å². The van der Waals surface area contributed by atoms with Crippen LogP contribution in [0.2, 0.25) is 0 Å². The molecular weight excluding hydrogens is 200 g/mol. The van der Waals surface area contributed by atoms with Crippen LogP contribution in [0.4, 0.5) is 11.4 Å². The van der Waals surface area contributed by atoms with Crippen LogP contribution >= 0.6 is 0 Å². The van der Waals surface area contributed by atoms with Gasteiger partial charge in [0.2, 0.25) is 0 Å². The van der Waals surface area contributed by atoms with Crippen LogP contribution in [-0.2, 0) is 0 Å². The molecule has 3 heteroatoms. The van der Waals surface area contributed by atoms with E-state index in [-0.39, 0.29) is 6.61 Å². The van der Waals surface area contributed by atoms with Gasteiger partial charge in [-0.1, -0.05) is 13.8 Å². The van der Waals surface area contributed by atoms with Crippen molar-refractivity contribution in [2.75, 3.05) is 17.7 Å². The van der Waals surface area contributed by atoms with E-state index in [0.717, 1.165) is 23.4 Å². The first-order chi connectivity index (χ1) is 7.54. The molecule has 4 N–H and O–H groups in total. The van der Waals surface area contributed by atoms with E-state index >= 15 is 0 Å². The average molecular weight is 222 g/mol. The van der Waals surface area contributed by atoms with E-state index in [1.807, 2.05) is 25.1 Å². The zero-order valence-electron chi connectivity index (χ0n) is 10.3. The second-order valence-corrected chi connectivity index (χ2v) is 4.58. The first kappa shape index (κ1) is 12.8. The summed E-state index contributed by atoms with van der Waals surface area (Å²) >= 11 is 0. The van der Waals surface area contributed by atoms with Gasteiger partial charge in [0.05, 0.1) is 0 Å². The van der Waals surface area contributed by atoms with E-state index in [2.05, 4.69) is 19.2 Å². The Morgan fingerprint density at radius 1 is 1.38 bits per heavy atom. The first-order valence-corrected chi connectivity index (χ1v) is 5.78. The number of aliphatic hydroxyl groups is 1. The number of nitrogens with one attached hydrogen (secondary N) is 1. The molecule has 1 unspecified atom stereocenters. The van der Waals surface area contributed by atoms with E-state index < -0.39 is 0 Å². The number of benzene rings is 1. The van der Waals surface area contributed by atoms with Crippen LogP contribution in [0.5, 0.6) is 0 Å². The lowest BCUT2D eigenvalue weighted by Crippen LogP contribution is -2.26. The summed E-state index contributed by atoms with van der Waals surface area (Å²) in [5, 5.41) is 12.4. The van der Waals surface area contributed by atoms with Gasteiger partial charge in [-0.3, -0.25) is 0 Å². The van der Waals surface area contributed by atoms with Crippen LogP contribution in [0.1, 0.15) is 25.8 Å². The van der Waals surface area contributed by atoms with E-state index in [1.54, 1.807) is 0 Å². The van der Waals surface area contributed by atoms with Crippen molar-refractivity contribution in [1.29, 1.82) is 0 Å². The summed E-state index contributed by atoms with van der Waals surface area (Å²) in [6, 6.07) is 6.23. The Morgan fingerprint density at radius 2 is 2.06 bits per heavy atom. The van der Waals surface area contributed by atoms with Crippen LogP contribution in [0.3, 0.4) is 0 Å². The number of nitrogens with two attached hydrogens (primary N) is 1. The predicted octanol–water partition coefficient (Wildman–Crippen LogP) is 2.40. The Kier molecular flexibility index (Phi) is 4.62. The molecule has 0 saturated carbocycles. The second-order valence-electron chi connectivity index (χ2n) is 4.58. The van der Waals surface area contributed by atoms with Crippen LogP contribution in [0.25, 0.3) is 0 Å². The van der Waals surface area contributed by atoms with Crippen molar-refractivity contribution >= 4 is 11.4 Å². The molecule has 0 radical (unpaired) electrons. The van der Waals surface area contributed by atoms with Gasteiger partial charge in [0.15, 0.2) is 0 Å². The fourth-order valence-electron chi connectivity index (χ4n) is 1.69. The SMILES string of the molecule is Cc1cc(NC(CCO)C(C)C)ccc1N. The smallest absolute Gasteiger partial charge is 0.0450 e. The number of aryl methyl sites for hydroxylation is 1. The van der Waals surface area contributed by atoms with Gasteiger partial charge in [-0.15, -0.1) is 0 Å². The summed E-state index contributed by atoms with van der Waals surface area (Å²) in [6.07, 6.45) is 0.765. The van der Waals surface area contributed by atoms with Crippen molar-refractivity contribution in [3.63, 3.8) is 0 Å². The minimum absolute atomic E-state index is 0.212. The highest BCUT2D eigenvalue weighted by atomic mass is 16.3. The number of nitrogen functional groups attached to an aromatic ring is 1. The largest absolute Gasteiger partial charge is 0.399 e. The average Bonchev–Trinajstić information content (AvgIpc) is 2.22. The van der Waals surface area contributed by atoms with Gasteiger partial charge in [0.25, 0.3) is 0 Å². The molecule has 0 spiro atoms. The molecule has 0 aliphatic rings. The van der Waals surface area contributed by atoms with Crippen molar-refractivity contribution in [1.82, 2.24) is 0 Å². The molecular formula is C13H22N2O.